The molecule has 0 saturated carbocycles. The Bertz CT molecular complexity index is 358. The van der Waals surface area contributed by atoms with Gasteiger partial charge in [0.05, 0.1) is 6.61 Å². The highest BCUT2D eigenvalue weighted by Crippen LogP contribution is 2.33. The van der Waals surface area contributed by atoms with Gasteiger partial charge in [-0.05, 0) is 49.6 Å². The highest BCUT2D eigenvalue weighted by molar-refractivity contribution is 6.87. The van der Waals surface area contributed by atoms with Crippen molar-refractivity contribution in [1.29, 1.82) is 0 Å². The minimum atomic E-state index is -3.20. The summed E-state index contributed by atoms with van der Waals surface area (Å²) in [5.41, 5.74) is 1.02. The zero-order valence-corrected chi connectivity index (χ0v) is 21.5. The lowest BCUT2D eigenvalue weighted by atomic mass is 10.4. The smallest absolute Gasteiger partial charge is 0.416 e. The fraction of sp³-hybridized carbons (Fsp3) is 0.895. The molecule has 4 nitrogen and oxygen atoms in total. The molecule has 0 amide bonds. The third kappa shape index (κ3) is 8.50. The third-order valence-electron chi connectivity index (χ3n) is 5.75. The third-order valence-corrected chi connectivity index (χ3v) is 20.5. The van der Waals surface area contributed by atoms with E-state index in [1.165, 1.54) is 0 Å². The normalized spacial score (nSPS) is 13.2. The summed E-state index contributed by atoms with van der Waals surface area (Å²) in [5.74, 6) is 0. The predicted molar refractivity (Wildman–Crippen MR) is 120 cm³/mol. The second-order valence-electron chi connectivity index (χ2n) is 7.52. The van der Waals surface area contributed by atoms with Crippen LogP contribution in [0.15, 0.2) is 12.2 Å². The van der Waals surface area contributed by atoms with Crippen LogP contribution in [0.2, 0.25) is 42.3 Å². The molecule has 0 unspecified atom stereocenters. The number of hydrogen-bond acceptors (Lipinski definition) is 4. The molecule has 0 heterocycles. The van der Waals surface area contributed by atoms with Crippen LogP contribution < -0.4 is 0 Å². The predicted octanol–water partition coefficient (Wildman–Crippen LogP) is 5.94. The highest BCUT2D eigenvalue weighted by Gasteiger charge is 2.49. The lowest BCUT2D eigenvalue weighted by Crippen LogP contribution is -2.58. The summed E-state index contributed by atoms with van der Waals surface area (Å²) in [6.07, 6.45) is 0.777. The van der Waals surface area contributed by atoms with Gasteiger partial charge in [0.25, 0.3) is 0 Å². The average Bonchev–Trinajstić information content (AvgIpc) is 2.64. The molecule has 0 radical (unpaired) electrons. The van der Waals surface area contributed by atoms with E-state index in [9.17, 15) is 4.80 Å². The molecule has 0 spiro atoms. The van der Waals surface area contributed by atoms with Crippen LogP contribution in [0.4, 0.5) is 0 Å². The Kier molecular flexibility index (Phi) is 12.8. The lowest BCUT2D eigenvalue weighted by molar-refractivity contribution is 0.150. The van der Waals surface area contributed by atoms with E-state index in [2.05, 4.69) is 48.1 Å². The number of ether oxygens (including phenoxy) is 1. The Balaban J connectivity index is 5.26. The summed E-state index contributed by atoms with van der Waals surface area (Å²) in [7, 11) is -7.05. The van der Waals surface area contributed by atoms with Crippen molar-refractivity contribution in [2.75, 3.05) is 13.2 Å². The molecule has 0 atom stereocenters. The monoisotopic (exact) mass is 420 g/mol. The van der Waals surface area contributed by atoms with E-state index >= 15 is 0 Å². The zero-order chi connectivity index (χ0) is 20.3. The fourth-order valence-electron chi connectivity index (χ4n) is 3.38. The Hall–Kier alpha value is 0.231. The first-order chi connectivity index (χ1) is 12.2. The summed E-state index contributed by atoms with van der Waals surface area (Å²) >= 11 is 0. The van der Waals surface area contributed by atoms with Crippen molar-refractivity contribution in [3.8, 4) is 0 Å². The van der Waals surface area contributed by atoms with Gasteiger partial charge in [-0.15, -0.1) is 0 Å². The van der Waals surface area contributed by atoms with E-state index in [0.29, 0.717) is 19.3 Å². The molecule has 7 heteroatoms. The van der Waals surface area contributed by atoms with Crippen molar-refractivity contribution < 1.29 is 17.8 Å². The van der Waals surface area contributed by atoms with E-state index < -0.39 is 25.4 Å². The Labute approximate surface area is 166 Å². The molecule has 0 aliphatic rings. The van der Waals surface area contributed by atoms with E-state index in [4.69, 9.17) is 13.0 Å². The van der Waals surface area contributed by atoms with Crippen LogP contribution in [-0.2, 0) is 13.0 Å². The van der Waals surface area contributed by atoms with Crippen LogP contribution in [0.1, 0.15) is 54.9 Å². The van der Waals surface area contributed by atoms with E-state index in [1.807, 2.05) is 6.92 Å². The first-order valence-corrected chi connectivity index (χ1v) is 17.6. The van der Waals surface area contributed by atoms with Crippen molar-refractivity contribution in [3.05, 3.63) is 12.2 Å². The fourth-order valence-corrected chi connectivity index (χ4v) is 17.2. The maximum absolute atomic E-state index is 11.6. The number of rotatable bonds is 16. The van der Waals surface area contributed by atoms with Crippen LogP contribution in [0.25, 0.3) is 0 Å². The van der Waals surface area contributed by atoms with Crippen molar-refractivity contribution in [2.24, 2.45) is 0 Å². The van der Waals surface area contributed by atoms with Gasteiger partial charge in [0.15, 0.2) is 16.6 Å². The standard InChI is InChI=1S/C19H44O4Si3/c1-9-24(10-2,11-3)22-26(20,17-15-16-21-18-19(7)8)23-25(12-4,13-5)14-6/h20H,7,9-18H2,1-6,8H3. The summed E-state index contributed by atoms with van der Waals surface area (Å²) in [6.45, 7) is 20.2. The van der Waals surface area contributed by atoms with Crippen LogP contribution >= 0.6 is 0 Å². The summed E-state index contributed by atoms with van der Waals surface area (Å²) < 4.78 is 18.9. The van der Waals surface area contributed by atoms with Gasteiger partial charge in [-0.1, -0.05) is 53.7 Å². The van der Waals surface area contributed by atoms with Crippen molar-refractivity contribution >= 4 is 25.4 Å². The topological polar surface area (TPSA) is 47.9 Å². The molecule has 156 valence electrons. The lowest BCUT2D eigenvalue weighted by Gasteiger charge is -2.42. The Morgan fingerprint density at radius 2 is 1.19 bits per heavy atom. The SMILES string of the molecule is C=C(C)COCCC[Si](O)(O[Si](CC)(CC)CC)O[Si](CC)(CC)CC. The van der Waals surface area contributed by atoms with E-state index in [1.54, 1.807) is 0 Å². The molecular weight excluding hydrogens is 376 g/mol. The molecule has 26 heavy (non-hydrogen) atoms. The second kappa shape index (κ2) is 12.6. The summed E-state index contributed by atoms with van der Waals surface area (Å²) in [6, 6.07) is 6.79. The van der Waals surface area contributed by atoms with Gasteiger partial charge in [0.1, 0.15) is 0 Å². The van der Waals surface area contributed by atoms with Gasteiger partial charge >= 0.3 is 8.80 Å². The number of hydrogen-bond donors (Lipinski definition) is 1. The summed E-state index contributed by atoms with van der Waals surface area (Å²) in [5, 5.41) is 0. The molecule has 0 aromatic rings. The van der Waals surface area contributed by atoms with Crippen molar-refractivity contribution in [2.45, 2.75) is 97.2 Å². The van der Waals surface area contributed by atoms with Gasteiger partial charge in [0, 0.05) is 12.7 Å². The zero-order valence-electron chi connectivity index (χ0n) is 18.5. The van der Waals surface area contributed by atoms with Crippen LogP contribution in [0.5, 0.6) is 0 Å². The molecule has 0 bridgehead atoms. The minimum absolute atomic E-state index is 0.580. The van der Waals surface area contributed by atoms with Gasteiger partial charge in [-0.2, -0.15) is 0 Å². The maximum Gasteiger partial charge on any atom is 0.477 e. The average molecular weight is 421 g/mol. The van der Waals surface area contributed by atoms with Crippen LogP contribution in [0.3, 0.4) is 0 Å². The highest BCUT2D eigenvalue weighted by atomic mass is 28.5. The van der Waals surface area contributed by atoms with E-state index in [-0.39, 0.29) is 0 Å². The molecule has 0 aromatic carbocycles. The Morgan fingerprint density at radius 3 is 1.50 bits per heavy atom. The van der Waals surface area contributed by atoms with Gasteiger partial charge < -0.3 is 17.8 Å². The summed E-state index contributed by atoms with van der Waals surface area (Å²) in [4.78, 5) is 11.6. The molecule has 1 N–H and O–H groups in total. The molecular formula is C19H44O4Si3. The van der Waals surface area contributed by atoms with Gasteiger partial charge in [0.2, 0.25) is 0 Å². The van der Waals surface area contributed by atoms with Gasteiger partial charge in [-0.25, -0.2) is 0 Å². The van der Waals surface area contributed by atoms with Crippen LogP contribution in [0, 0.1) is 0 Å². The van der Waals surface area contributed by atoms with Crippen LogP contribution in [-0.4, -0.2) is 43.4 Å². The minimum Gasteiger partial charge on any atom is -0.416 e. The maximum atomic E-state index is 11.6. The second-order valence-corrected chi connectivity index (χ2v) is 20.1. The Morgan fingerprint density at radius 1 is 0.808 bits per heavy atom. The first kappa shape index (κ1) is 26.2. The molecule has 0 rings (SSSR count). The molecule has 0 aliphatic carbocycles. The van der Waals surface area contributed by atoms with Gasteiger partial charge in [-0.3, -0.25) is 0 Å². The quantitative estimate of drug-likeness (QED) is 0.190. The first-order valence-electron chi connectivity index (χ1n) is 10.5. The van der Waals surface area contributed by atoms with E-state index in [0.717, 1.165) is 48.3 Å². The van der Waals surface area contributed by atoms with Crippen molar-refractivity contribution in [3.63, 3.8) is 0 Å². The van der Waals surface area contributed by atoms with Crippen molar-refractivity contribution in [1.82, 2.24) is 0 Å². The molecule has 0 fully saturated rings. The molecule has 0 aliphatic heterocycles. The molecule has 0 saturated heterocycles. The molecule has 0 aromatic heterocycles. The largest absolute Gasteiger partial charge is 0.477 e.